The fraction of sp³-hybridized carbons (Fsp3) is 0.375. The van der Waals surface area contributed by atoms with E-state index in [2.05, 4.69) is 14.8 Å². The molecule has 1 saturated heterocycles. The van der Waals surface area contributed by atoms with E-state index in [4.69, 9.17) is 0 Å². The zero-order valence-electron chi connectivity index (χ0n) is 12.2. The SMILES string of the molecule is CC(=O)c1ccc(N2CCN(Cc3nccs3)CC2)cc1. The summed E-state index contributed by atoms with van der Waals surface area (Å²) < 4.78 is 0. The van der Waals surface area contributed by atoms with Crippen molar-refractivity contribution < 1.29 is 4.79 Å². The molecule has 0 aliphatic carbocycles. The number of hydrogen-bond acceptors (Lipinski definition) is 5. The van der Waals surface area contributed by atoms with Gasteiger partial charge in [-0.2, -0.15) is 0 Å². The Morgan fingerprint density at radius 2 is 1.90 bits per heavy atom. The van der Waals surface area contributed by atoms with Crippen molar-refractivity contribution in [2.24, 2.45) is 0 Å². The number of ketones is 1. The quantitative estimate of drug-likeness (QED) is 0.814. The van der Waals surface area contributed by atoms with Crippen LogP contribution < -0.4 is 4.90 Å². The van der Waals surface area contributed by atoms with Crippen LogP contribution in [0.5, 0.6) is 0 Å². The van der Waals surface area contributed by atoms with Gasteiger partial charge in [-0.3, -0.25) is 9.69 Å². The normalized spacial score (nSPS) is 16.1. The van der Waals surface area contributed by atoms with Crippen LogP contribution in [0.15, 0.2) is 35.8 Å². The van der Waals surface area contributed by atoms with E-state index in [0.717, 1.165) is 38.3 Å². The molecule has 4 nitrogen and oxygen atoms in total. The molecule has 0 unspecified atom stereocenters. The average molecular weight is 301 g/mol. The molecule has 2 aromatic rings. The monoisotopic (exact) mass is 301 g/mol. The van der Waals surface area contributed by atoms with Crippen molar-refractivity contribution in [3.8, 4) is 0 Å². The number of hydrogen-bond donors (Lipinski definition) is 0. The molecular weight excluding hydrogens is 282 g/mol. The first-order chi connectivity index (χ1) is 10.2. The molecule has 0 bridgehead atoms. The molecule has 5 heteroatoms. The molecule has 0 amide bonds. The van der Waals surface area contributed by atoms with Gasteiger partial charge < -0.3 is 4.90 Å². The van der Waals surface area contributed by atoms with Crippen molar-refractivity contribution in [1.29, 1.82) is 0 Å². The molecule has 110 valence electrons. The van der Waals surface area contributed by atoms with E-state index in [0.29, 0.717) is 0 Å². The number of nitrogens with zero attached hydrogens (tertiary/aromatic N) is 3. The first-order valence-electron chi connectivity index (χ1n) is 7.19. The van der Waals surface area contributed by atoms with Gasteiger partial charge in [0.2, 0.25) is 0 Å². The topological polar surface area (TPSA) is 36.4 Å². The predicted molar refractivity (Wildman–Crippen MR) is 86.1 cm³/mol. The minimum Gasteiger partial charge on any atom is -0.369 e. The molecule has 0 saturated carbocycles. The van der Waals surface area contributed by atoms with E-state index >= 15 is 0 Å². The summed E-state index contributed by atoms with van der Waals surface area (Å²) in [5, 5.41) is 3.22. The van der Waals surface area contributed by atoms with E-state index < -0.39 is 0 Å². The predicted octanol–water partition coefficient (Wildman–Crippen LogP) is 2.67. The van der Waals surface area contributed by atoms with Crippen molar-refractivity contribution in [1.82, 2.24) is 9.88 Å². The molecule has 0 atom stereocenters. The van der Waals surface area contributed by atoms with Crippen molar-refractivity contribution in [3.05, 3.63) is 46.4 Å². The molecule has 0 spiro atoms. The summed E-state index contributed by atoms with van der Waals surface area (Å²) in [6.45, 7) is 6.69. The Kier molecular flexibility index (Phi) is 4.31. The standard InChI is InChI=1S/C16H19N3OS/c1-13(20)14-2-4-15(5-3-14)19-9-7-18(8-10-19)12-16-17-6-11-21-16/h2-6,11H,7-10,12H2,1H3. The third kappa shape index (κ3) is 3.49. The zero-order chi connectivity index (χ0) is 14.7. The van der Waals surface area contributed by atoms with Gasteiger partial charge in [-0.25, -0.2) is 4.98 Å². The Balaban J connectivity index is 1.56. The number of aromatic nitrogens is 1. The van der Waals surface area contributed by atoms with Gasteiger partial charge in [0.25, 0.3) is 0 Å². The molecule has 2 heterocycles. The van der Waals surface area contributed by atoms with Gasteiger partial charge in [0, 0.05) is 49.0 Å². The second kappa shape index (κ2) is 6.37. The molecule has 1 aromatic carbocycles. The summed E-state index contributed by atoms with van der Waals surface area (Å²) in [7, 11) is 0. The smallest absolute Gasteiger partial charge is 0.159 e. The molecule has 1 aliphatic heterocycles. The Labute approximate surface area is 129 Å². The van der Waals surface area contributed by atoms with Gasteiger partial charge in [-0.05, 0) is 31.2 Å². The number of thiazole rings is 1. The Morgan fingerprint density at radius 1 is 1.19 bits per heavy atom. The molecular formula is C16H19N3OS. The second-order valence-corrected chi connectivity index (χ2v) is 6.27. The maximum Gasteiger partial charge on any atom is 0.159 e. The Hall–Kier alpha value is -1.72. The van der Waals surface area contributed by atoms with Crippen LogP contribution in [0.1, 0.15) is 22.3 Å². The number of rotatable bonds is 4. The van der Waals surface area contributed by atoms with Crippen LogP contribution in [-0.4, -0.2) is 41.8 Å². The van der Waals surface area contributed by atoms with Crippen LogP contribution in [0.4, 0.5) is 5.69 Å². The zero-order valence-corrected chi connectivity index (χ0v) is 13.0. The summed E-state index contributed by atoms with van der Waals surface area (Å²) in [5.74, 6) is 0.120. The lowest BCUT2D eigenvalue weighted by molar-refractivity contribution is 0.101. The summed E-state index contributed by atoms with van der Waals surface area (Å²) in [4.78, 5) is 20.5. The highest BCUT2D eigenvalue weighted by Crippen LogP contribution is 2.18. The van der Waals surface area contributed by atoms with Crippen molar-refractivity contribution in [3.63, 3.8) is 0 Å². The summed E-state index contributed by atoms with van der Waals surface area (Å²) >= 11 is 1.72. The number of Topliss-reactive ketones (excluding diaryl/α,β-unsaturated/α-hetero) is 1. The van der Waals surface area contributed by atoms with Crippen molar-refractivity contribution in [2.75, 3.05) is 31.1 Å². The van der Waals surface area contributed by atoms with Crippen LogP contribution in [0.2, 0.25) is 0 Å². The number of carbonyl (C=O) groups is 1. The summed E-state index contributed by atoms with van der Waals surface area (Å²) in [5.41, 5.74) is 1.98. The lowest BCUT2D eigenvalue weighted by atomic mass is 10.1. The summed E-state index contributed by atoms with van der Waals surface area (Å²) in [6.07, 6.45) is 1.87. The second-order valence-electron chi connectivity index (χ2n) is 5.29. The molecule has 0 N–H and O–H groups in total. The maximum absolute atomic E-state index is 11.3. The van der Waals surface area contributed by atoms with Crippen LogP contribution in [-0.2, 0) is 6.54 Å². The van der Waals surface area contributed by atoms with Gasteiger partial charge >= 0.3 is 0 Å². The highest BCUT2D eigenvalue weighted by Gasteiger charge is 2.18. The van der Waals surface area contributed by atoms with Gasteiger partial charge in [0.05, 0.1) is 6.54 Å². The van der Waals surface area contributed by atoms with Gasteiger partial charge in [-0.1, -0.05) is 0 Å². The highest BCUT2D eigenvalue weighted by atomic mass is 32.1. The van der Waals surface area contributed by atoms with E-state index in [9.17, 15) is 4.79 Å². The van der Waals surface area contributed by atoms with E-state index in [1.807, 2.05) is 35.8 Å². The van der Waals surface area contributed by atoms with Crippen LogP contribution in [0, 0.1) is 0 Å². The van der Waals surface area contributed by atoms with Crippen LogP contribution in [0.25, 0.3) is 0 Å². The third-order valence-corrected chi connectivity index (χ3v) is 4.62. The number of anilines is 1. The summed E-state index contributed by atoms with van der Waals surface area (Å²) in [6, 6.07) is 7.93. The maximum atomic E-state index is 11.3. The molecule has 3 rings (SSSR count). The molecule has 1 fully saturated rings. The Bertz CT molecular complexity index is 586. The minimum atomic E-state index is 0.120. The molecule has 1 aromatic heterocycles. The molecule has 1 aliphatic rings. The first-order valence-corrected chi connectivity index (χ1v) is 8.07. The van der Waals surface area contributed by atoms with Crippen molar-refractivity contribution >= 4 is 22.8 Å². The lowest BCUT2D eigenvalue weighted by Crippen LogP contribution is -2.45. The highest BCUT2D eigenvalue weighted by molar-refractivity contribution is 7.09. The van der Waals surface area contributed by atoms with E-state index in [1.54, 1.807) is 18.3 Å². The lowest BCUT2D eigenvalue weighted by Gasteiger charge is -2.35. The fourth-order valence-corrected chi connectivity index (χ4v) is 3.25. The number of piperazine rings is 1. The minimum absolute atomic E-state index is 0.120. The van der Waals surface area contributed by atoms with Gasteiger partial charge in [-0.15, -0.1) is 11.3 Å². The largest absolute Gasteiger partial charge is 0.369 e. The molecule has 0 radical (unpaired) electrons. The van der Waals surface area contributed by atoms with Crippen LogP contribution in [0.3, 0.4) is 0 Å². The van der Waals surface area contributed by atoms with Crippen molar-refractivity contribution in [2.45, 2.75) is 13.5 Å². The number of carbonyl (C=O) groups excluding carboxylic acids is 1. The number of benzene rings is 1. The fourth-order valence-electron chi connectivity index (χ4n) is 2.59. The van der Waals surface area contributed by atoms with E-state index in [1.165, 1.54) is 10.7 Å². The van der Waals surface area contributed by atoms with Crippen LogP contribution >= 0.6 is 11.3 Å². The third-order valence-electron chi connectivity index (χ3n) is 3.85. The van der Waals surface area contributed by atoms with Gasteiger partial charge in [0.15, 0.2) is 5.78 Å². The van der Waals surface area contributed by atoms with Gasteiger partial charge in [0.1, 0.15) is 5.01 Å². The first kappa shape index (κ1) is 14.2. The molecule has 21 heavy (non-hydrogen) atoms. The Morgan fingerprint density at radius 3 is 2.48 bits per heavy atom. The van der Waals surface area contributed by atoms with E-state index in [-0.39, 0.29) is 5.78 Å². The average Bonchev–Trinajstić information content (AvgIpc) is 3.01.